The van der Waals surface area contributed by atoms with E-state index in [1.807, 2.05) is 18.2 Å². The van der Waals surface area contributed by atoms with Gasteiger partial charge in [0.1, 0.15) is 17.9 Å². The molecule has 3 amide bonds. The molecule has 4 atom stereocenters. The van der Waals surface area contributed by atoms with E-state index in [2.05, 4.69) is 41.8 Å². The molecule has 178 valence electrons. The molecule has 2 aromatic carbocycles. The average Bonchev–Trinajstić information content (AvgIpc) is 3.16. The van der Waals surface area contributed by atoms with E-state index < -0.39 is 11.9 Å². The lowest BCUT2D eigenvalue weighted by atomic mass is 9.91. The van der Waals surface area contributed by atoms with Crippen molar-refractivity contribution in [3.05, 3.63) is 65.2 Å². The first-order valence-electron chi connectivity index (χ1n) is 12.2. The van der Waals surface area contributed by atoms with Gasteiger partial charge in [0, 0.05) is 30.6 Å². The van der Waals surface area contributed by atoms with Gasteiger partial charge >= 0.3 is 0 Å². The molecule has 2 aliphatic heterocycles. The highest BCUT2D eigenvalue weighted by atomic mass is 16.5. The summed E-state index contributed by atoms with van der Waals surface area (Å²) in [6.07, 6.45) is 5.03. The van der Waals surface area contributed by atoms with Crippen molar-refractivity contribution in [3.8, 4) is 5.75 Å². The molecule has 2 N–H and O–H groups in total. The molecule has 0 spiro atoms. The Balaban J connectivity index is 1.27. The minimum Gasteiger partial charge on any atom is -0.489 e. The molecule has 2 unspecified atom stereocenters. The van der Waals surface area contributed by atoms with Crippen LogP contribution in [-0.2, 0) is 16.1 Å². The van der Waals surface area contributed by atoms with Crippen molar-refractivity contribution in [2.45, 2.75) is 76.2 Å². The van der Waals surface area contributed by atoms with Crippen molar-refractivity contribution in [2.24, 2.45) is 0 Å². The number of rotatable bonds is 6. The van der Waals surface area contributed by atoms with Crippen molar-refractivity contribution in [3.63, 3.8) is 0 Å². The van der Waals surface area contributed by atoms with Gasteiger partial charge in [-0.05, 0) is 61.9 Å². The Morgan fingerprint density at radius 2 is 1.82 bits per heavy atom. The minimum absolute atomic E-state index is 0.0568. The van der Waals surface area contributed by atoms with Crippen LogP contribution in [0.3, 0.4) is 0 Å². The SMILES string of the molecule is CC(N[C@@H]1CCCC[C@@H]1Oc1ccc2c(c1)CN(C1CCC(=O)NC1=O)C2=O)c1ccccc1. The molecule has 2 heterocycles. The molecule has 0 bridgehead atoms. The van der Waals surface area contributed by atoms with Crippen LogP contribution in [0.25, 0.3) is 0 Å². The number of hydrogen-bond donors (Lipinski definition) is 2. The molecule has 5 rings (SSSR count). The lowest BCUT2D eigenvalue weighted by Crippen LogP contribution is -2.52. The topological polar surface area (TPSA) is 87.7 Å². The number of ether oxygens (including phenoxy) is 1. The number of imide groups is 1. The van der Waals surface area contributed by atoms with Gasteiger partial charge in [0.2, 0.25) is 11.8 Å². The van der Waals surface area contributed by atoms with Crippen molar-refractivity contribution >= 4 is 17.7 Å². The van der Waals surface area contributed by atoms with E-state index in [4.69, 9.17) is 4.74 Å². The largest absolute Gasteiger partial charge is 0.489 e. The minimum atomic E-state index is -0.603. The van der Waals surface area contributed by atoms with Crippen molar-refractivity contribution in [2.75, 3.05) is 0 Å². The number of nitrogens with zero attached hydrogens (tertiary/aromatic N) is 1. The van der Waals surface area contributed by atoms with Crippen molar-refractivity contribution < 1.29 is 19.1 Å². The molecule has 0 radical (unpaired) electrons. The first-order valence-corrected chi connectivity index (χ1v) is 12.2. The van der Waals surface area contributed by atoms with E-state index in [-0.39, 0.29) is 36.4 Å². The third-order valence-electron chi connectivity index (χ3n) is 7.25. The molecule has 2 fully saturated rings. The van der Waals surface area contributed by atoms with E-state index in [1.54, 1.807) is 11.0 Å². The molecule has 1 saturated heterocycles. The summed E-state index contributed by atoms with van der Waals surface area (Å²) in [4.78, 5) is 38.3. The molecule has 7 heteroatoms. The molecular weight excluding hydrogens is 430 g/mol. The summed E-state index contributed by atoms with van der Waals surface area (Å²) < 4.78 is 6.46. The highest BCUT2D eigenvalue weighted by molar-refractivity contribution is 6.05. The smallest absolute Gasteiger partial charge is 0.255 e. The third kappa shape index (κ3) is 4.57. The monoisotopic (exact) mass is 461 g/mol. The van der Waals surface area contributed by atoms with Crippen LogP contribution in [0.1, 0.15) is 73.0 Å². The van der Waals surface area contributed by atoms with Gasteiger partial charge in [0.25, 0.3) is 5.91 Å². The first-order chi connectivity index (χ1) is 16.5. The number of piperidine rings is 1. The maximum absolute atomic E-state index is 12.9. The van der Waals surface area contributed by atoms with Gasteiger partial charge in [-0.3, -0.25) is 19.7 Å². The maximum atomic E-state index is 12.9. The summed E-state index contributed by atoms with van der Waals surface area (Å²) in [5.74, 6) is -0.0801. The van der Waals surface area contributed by atoms with Crippen LogP contribution in [0.5, 0.6) is 5.75 Å². The number of nitrogens with one attached hydrogen (secondary N) is 2. The lowest BCUT2D eigenvalue weighted by molar-refractivity contribution is -0.136. The second-order valence-electron chi connectivity index (χ2n) is 9.57. The van der Waals surface area contributed by atoms with Crippen LogP contribution in [0.15, 0.2) is 48.5 Å². The van der Waals surface area contributed by atoms with E-state index in [0.717, 1.165) is 30.6 Å². The van der Waals surface area contributed by atoms with Gasteiger partial charge in [0.05, 0.1) is 0 Å². The molecule has 1 aliphatic carbocycles. The van der Waals surface area contributed by atoms with Gasteiger partial charge in [-0.1, -0.05) is 36.8 Å². The van der Waals surface area contributed by atoms with Crippen LogP contribution in [0.2, 0.25) is 0 Å². The van der Waals surface area contributed by atoms with Gasteiger partial charge in [-0.2, -0.15) is 0 Å². The molecular formula is C27H31N3O4. The standard InChI is InChI=1S/C27H31N3O4/c1-17(18-7-3-2-4-8-18)28-22-9-5-6-10-24(22)34-20-11-12-21-19(15-20)16-30(27(21)33)23-13-14-25(31)29-26(23)32/h2-4,7-8,11-12,15,17,22-24,28H,5-6,9-10,13-14,16H2,1H3,(H,29,31,32)/t17?,22-,23?,24+/m1/s1. The highest BCUT2D eigenvalue weighted by Gasteiger charge is 2.39. The predicted molar refractivity (Wildman–Crippen MR) is 127 cm³/mol. The summed E-state index contributed by atoms with van der Waals surface area (Å²) in [7, 11) is 0. The Bertz CT molecular complexity index is 1090. The number of fused-ring (bicyclic) bond motifs is 1. The van der Waals surface area contributed by atoms with Crippen LogP contribution < -0.4 is 15.4 Å². The summed E-state index contributed by atoms with van der Waals surface area (Å²) in [6, 6.07) is 15.9. The van der Waals surface area contributed by atoms with Gasteiger partial charge in [0.15, 0.2) is 0 Å². The Kier molecular flexibility index (Phi) is 6.37. The van der Waals surface area contributed by atoms with E-state index >= 15 is 0 Å². The Morgan fingerprint density at radius 3 is 2.62 bits per heavy atom. The molecule has 34 heavy (non-hydrogen) atoms. The average molecular weight is 462 g/mol. The summed E-state index contributed by atoms with van der Waals surface area (Å²) >= 11 is 0. The van der Waals surface area contributed by atoms with E-state index in [9.17, 15) is 14.4 Å². The molecule has 3 aliphatic rings. The Hall–Kier alpha value is -3.19. The zero-order chi connectivity index (χ0) is 23.7. The second kappa shape index (κ2) is 9.58. The fraction of sp³-hybridized carbons (Fsp3) is 0.444. The summed E-state index contributed by atoms with van der Waals surface area (Å²) in [5, 5.41) is 6.11. The normalized spacial score (nSPS) is 25.6. The number of amides is 3. The quantitative estimate of drug-likeness (QED) is 0.643. The number of carbonyl (C=O) groups excluding carboxylic acids is 3. The molecule has 1 saturated carbocycles. The van der Waals surface area contributed by atoms with Crippen molar-refractivity contribution in [1.29, 1.82) is 0 Å². The van der Waals surface area contributed by atoms with Gasteiger partial charge in [-0.15, -0.1) is 0 Å². The van der Waals surface area contributed by atoms with Crippen molar-refractivity contribution in [1.82, 2.24) is 15.5 Å². The fourth-order valence-electron chi connectivity index (χ4n) is 5.39. The van der Waals surface area contributed by atoms with Crippen LogP contribution in [-0.4, -0.2) is 40.8 Å². The predicted octanol–water partition coefficient (Wildman–Crippen LogP) is 3.49. The maximum Gasteiger partial charge on any atom is 0.255 e. The van der Waals surface area contributed by atoms with E-state index in [1.165, 1.54) is 12.0 Å². The Labute approximate surface area is 199 Å². The summed E-state index contributed by atoms with van der Waals surface area (Å²) in [6.45, 7) is 2.54. The summed E-state index contributed by atoms with van der Waals surface area (Å²) in [5.41, 5.74) is 2.73. The van der Waals surface area contributed by atoms with Crippen LogP contribution in [0, 0.1) is 0 Å². The first kappa shape index (κ1) is 22.6. The van der Waals surface area contributed by atoms with Gasteiger partial charge in [-0.25, -0.2) is 0 Å². The Morgan fingerprint density at radius 1 is 1.03 bits per heavy atom. The molecule has 7 nitrogen and oxygen atoms in total. The van der Waals surface area contributed by atoms with Crippen LogP contribution >= 0.6 is 0 Å². The van der Waals surface area contributed by atoms with E-state index in [0.29, 0.717) is 18.5 Å². The van der Waals surface area contributed by atoms with Crippen LogP contribution in [0.4, 0.5) is 0 Å². The molecule has 0 aromatic heterocycles. The number of carbonyl (C=O) groups is 3. The zero-order valence-electron chi connectivity index (χ0n) is 19.5. The van der Waals surface area contributed by atoms with Gasteiger partial charge < -0.3 is 15.0 Å². The zero-order valence-corrected chi connectivity index (χ0v) is 19.5. The second-order valence-corrected chi connectivity index (χ2v) is 9.57. The molecule has 2 aromatic rings. The third-order valence-corrected chi connectivity index (χ3v) is 7.25. The number of benzene rings is 2. The number of hydrogen-bond acceptors (Lipinski definition) is 5. The fourth-order valence-corrected chi connectivity index (χ4v) is 5.39. The highest BCUT2D eigenvalue weighted by Crippen LogP contribution is 2.32. The lowest BCUT2D eigenvalue weighted by Gasteiger charge is -2.34.